The Hall–Kier alpha value is -2.87. The van der Waals surface area contributed by atoms with Gasteiger partial charge in [0.2, 0.25) is 5.76 Å². The van der Waals surface area contributed by atoms with Gasteiger partial charge in [-0.25, -0.2) is 9.78 Å². The molecule has 0 aliphatic rings. The highest BCUT2D eigenvalue weighted by Gasteiger charge is 2.20. The molecule has 0 fully saturated rings. The number of hydrogen-bond donors (Lipinski definition) is 0. The van der Waals surface area contributed by atoms with Crippen LogP contribution in [0, 0.1) is 0 Å². The zero-order valence-electron chi connectivity index (χ0n) is 16.4. The van der Waals surface area contributed by atoms with Crippen LogP contribution in [-0.2, 0) is 11.2 Å². The van der Waals surface area contributed by atoms with Crippen molar-refractivity contribution in [2.24, 2.45) is 0 Å². The molecule has 0 N–H and O–H groups in total. The topological polar surface area (TPSA) is 110 Å². The molecule has 2 aromatic heterocycles. The number of aromatic carboxylic acids is 1. The lowest BCUT2D eigenvalue weighted by molar-refractivity contribution is -0.255. The number of carboxylic acids is 1. The van der Waals surface area contributed by atoms with E-state index in [0.29, 0.717) is 45.3 Å². The summed E-state index contributed by atoms with van der Waals surface area (Å²) in [6.07, 6.45) is 1.19. The molecule has 0 bridgehead atoms. The second kappa shape index (κ2) is 8.65. The zero-order valence-corrected chi connectivity index (χ0v) is 17.2. The summed E-state index contributed by atoms with van der Waals surface area (Å²) in [7, 11) is 0. The van der Waals surface area contributed by atoms with E-state index >= 15 is 0 Å². The van der Waals surface area contributed by atoms with E-state index in [-0.39, 0.29) is 29.1 Å². The van der Waals surface area contributed by atoms with Gasteiger partial charge in [-0.1, -0.05) is 20.3 Å². The number of ether oxygens (including phenoxy) is 1. The molecule has 0 spiro atoms. The van der Waals surface area contributed by atoms with Gasteiger partial charge in [0.25, 0.3) is 0 Å². The molecular weight excluding hydrogens is 394 g/mol. The van der Waals surface area contributed by atoms with Gasteiger partial charge in [-0.3, -0.25) is 4.79 Å². The number of esters is 1. The van der Waals surface area contributed by atoms with Crippen LogP contribution in [0.2, 0.25) is 0 Å². The van der Waals surface area contributed by atoms with Crippen LogP contribution in [0.25, 0.3) is 21.9 Å². The van der Waals surface area contributed by atoms with E-state index < -0.39 is 11.9 Å². The van der Waals surface area contributed by atoms with Crippen LogP contribution in [0.1, 0.15) is 53.8 Å². The first-order valence-electron chi connectivity index (χ1n) is 9.36. The van der Waals surface area contributed by atoms with Crippen molar-refractivity contribution in [1.29, 1.82) is 0 Å². The van der Waals surface area contributed by atoms with E-state index in [0.717, 1.165) is 6.07 Å². The maximum absolute atomic E-state index is 12.8. The molecule has 29 heavy (non-hydrogen) atoms. The monoisotopic (exact) mass is 414 g/mol. The molecule has 0 unspecified atom stereocenters. The van der Waals surface area contributed by atoms with Crippen molar-refractivity contribution < 1.29 is 23.8 Å². The number of rotatable bonds is 7. The summed E-state index contributed by atoms with van der Waals surface area (Å²) in [4.78, 5) is 41.3. The van der Waals surface area contributed by atoms with E-state index in [1.165, 1.54) is 17.8 Å². The third-order valence-electron chi connectivity index (χ3n) is 4.34. The zero-order chi connectivity index (χ0) is 21.1. The predicted molar refractivity (Wildman–Crippen MR) is 108 cm³/mol. The highest BCUT2D eigenvalue weighted by Crippen LogP contribution is 2.34. The summed E-state index contributed by atoms with van der Waals surface area (Å²) >= 11 is 1.45. The minimum absolute atomic E-state index is 0.147. The van der Waals surface area contributed by atoms with Gasteiger partial charge < -0.3 is 19.1 Å². The summed E-state index contributed by atoms with van der Waals surface area (Å²) in [6, 6.07) is 4.23. The number of fused-ring (bicyclic) bond motifs is 2. The van der Waals surface area contributed by atoms with Gasteiger partial charge in [0.05, 0.1) is 29.2 Å². The summed E-state index contributed by atoms with van der Waals surface area (Å²) in [6.45, 7) is 5.70. The van der Waals surface area contributed by atoms with Crippen LogP contribution >= 0.6 is 11.8 Å². The lowest BCUT2D eigenvalue weighted by Gasteiger charge is -2.14. The number of aromatic nitrogens is 1. The molecule has 152 valence electrons. The molecule has 0 saturated carbocycles. The van der Waals surface area contributed by atoms with Crippen LogP contribution < -0.4 is 10.5 Å². The van der Waals surface area contributed by atoms with Gasteiger partial charge in [-0.05, 0) is 31.2 Å². The molecule has 0 aliphatic heterocycles. The average Bonchev–Trinajstić information content (AvgIpc) is 2.68. The summed E-state index contributed by atoms with van der Waals surface area (Å²) in [5, 5.41) is 12.5. The van der Waals surface area contributed by atoms with Gasteiger partial charge >= 0.3 is 5.97 Å². The third kappa shape index (κ3) is 3.98. The Morgan fingerprint density at radius 1 is 1.17 bits per heavy atom. The van der Waals surface area contributed by atoms with E-state index in [1.807, 2.05) is 13.8 Å². The van der Waals surface area contributed by atoms with Crippen LogP contribution in [0.4, 0.5) is 0 Å². The van der Waals surface area contributed by atoms with Gasteiger partial charge in [-0.2, -0.15) is 0 Å². The molecule has 2 heterocycles. The number of pyridine rings is 1. The maximum atomic E-state index is 12.8. The number of thioether (sulfide) groups is 1. The Kier molecular flexibility index (Phi) is 6.22. The number of nitrogens with zero attached hydrogens (tertiary/aromatic N) is 1. The summed E-state index contributed by atoms with van der Waals surface area (Å²) < 4.78 is 10.7. The highest BCUT2D eigenvalue weighted by atomic mass is 32.2. The number of carboxylic acid groups (broad SMARTS) is 1. The van der Waals surface area contributed by atoms with Crippen molar-refractivity contribution in [2.75, 3.05) is 12.4 Å². The van der Waals surface area contributed by atoms with Crippen molar-refractivity contribution in [3.8, 4) is 0 Å². The lowest BCUT2D eigenvalue weighted by Crippen LogP contribution is -2.23. The Morgan fingerprint density at radius 3 is 2.55 bits per heavy atom. The molecule has 0 radical (unpaired) electrons. The third-order valence-corrected chi connectivity index (χ3v) is 5.28. The van der Waals surface area contributed by atoms with Crippen molar-refractivity contribution >= 4 is 45.6 Å². The first-order valence-corrected chi connectivity index (χ1v) is 10.4. The number of carbonyl (C=O) groups excluding carboxylic acids is 2. The Bertz CT molecular complexity index is 1170. The van der Waals surface area contributed by atoms with Crippen LogP contribution in [0.5, 0.6) is 0 Å². The molecular formula is C21H20NO6S-. The highest BCUT2D eigenvalue weighted by molar-refractivity contribution is 7.99. The molecule has 3 rings (SSSR count). The Labute approximate surface area is 171 Å². The fourth-order valence-corrected chi connectivity index (χ4v) is 4.00. The molecule has 1 aromatic carbocycles. The van der Waals surface area contributed by atoms with Crippen LogP contribution in [0.3, 0.4) is 0 Å². The van der Waals surface area contributed by atoms with Crippen LogP contribution in [0.15, 0.2) is 32.3 Å². The first-order chi connectivity index (χ1) is 13.9. The largest absolute Gasteiger partial charge is 0.543 e. The molecule has 0 saturated heterocycles. The standard InChI is InChI=1S/C21H21NO6S/c1-4-7-11-18-13(17(29-6-3)9-14(22-18)20(24)25)8-12-15(23)10-16(28-19(11)12)21(26)27-5-2/h8-10H,4-7H2,1-3H3,(H,24,25)/p-1. The number of hydrogen-bond acceptors (Lipinski definition) is 8. The van der Waals surface area contributed by atoms with Gasteiger partial charge in [0.15, 0.2) is 5.43 Å². The molecule has 3 aromatic rings. The molecule has 0 atom stereocenters. The number of carbonyl (C=O) groups is 2. The van der Waals surface area contributed by atoms with Crippen molar-refractivity contribution in [3.63, 3.8) is 0 Å². The Balaban J connectivity index is 2.45. The molecule has 0 aliphatic carbocycles. The van der Waals surface area contributed by atoms with Crippen molar-refractivity contribution in [1.82, 2.24) is 4.98 Å². The SMILES string of the molecule is CCCc1c2nc(C(=O)[O-])cc(SCC)c2cc2c(=O)cc(C(=O)OCC)oc12. The second-order valence-corrected chi connectivity index (χ2v) is 7.61. The van der Waals surface area contributed by atoms with Crippen molar-refractivity contribution in [2.45, 2.75) is 38.5 Å². The molecule has 7 nitrogen and oxygen atoms in total. The maximum Gasteiger partial charge on any atom is 0.374 e. The summed E-state index contributed by atoms with van der Waals surface area (Å²) in [5.41, 5.74) is 0.690. The predicted octanol–water partition coefficient (Wildman–Crippen LogP) is 2.95. The average molecular weight is 414 g/mol. The van der Waals surface area contributed by atoms with E-state index in [1.54, 1.807) is 13.0 Å². The quantitative estimate of drug-likeness (QED) is 0.330. The van der Waals surface area contributed by atoms with Gasteiger partial charge in [0.1, 0.15) is 5.58 Å². The van der Waals surface area contributed by atoms with Crippen LogP contribution in [-0.4, -0.2) is 29.3 Å². The minimum atomic E-state index is -1.38. The van der Waals surface area contributed by atoms with Gasteiger partial charge in [0, 0.05) is 21.9 Å². The smallest absolute Gasteiger partial charge is 0.374 e. The number of benzene rings is 1. The fraction of sp³-hybridized carbons (Fsp3) is 0.333. The summed E-state index contributed by atoms with van der Waals surface area (Å²) in [5.74, 6) is -1.59. The van der Waals surface area contributed by atoms with E-state index in [2.05, 4.69) is 4.98 Å². The first kappa shape index (κ1) is 20.9. The van der Waals surface area contributed by atoms with E-state index in [9.17, 15) is 19.5 Å². The molecule has 8 heteroatoms. The Morgan fingerprint density at radius 2 is 1.93 bits per heavy atom. The lowest BCUT2D eigenvalue weighted by atomic mass is 10.0. The second-order valence-electron chi connectivity index (χ2n) is 6.30. The molecule has 0 amide bonds. The fourth-order valence-electron chi connectivity index (χ4n) is 3.18. The van der Waals surface area contributed by atoms with E-state index in [4.69, 9.17) is 9.15 Å². The normalized spacial score (nSPS) is 11.1. The van der Waals surface area contributed by atoms with Crippen molar-refractivity contribution in [3.05, 3.63) is 45.4 Å². The minimum Gasteiger partial charge on any atom is -0.543 e. The number of aryl methyl sites for hydroxylation is 1. The van der Waals surface area contributed by atoms with Gasteiger partial charge in [-0.15, -0.1) is 11.8 Å².